The second-order valence-corrected chi connectivity index (χ2v) is 5.06. The van der Waals surface area contributed by atoms with Crippen LogP contribution in [0.15, 0.2) is 22.8 Å². The van der Waals surface area contributed by atoms with Crippen molar-refractivity contribution in [3.63, 3.8) is 0 Å². The fourth-order valence-corrected chi connectivity index (χ4v) is 2.67. The second kappa shape index (κ2) is 7.12. The van der Waals surface area contributed by atoms with Crippen molar-refractivity contribution in [2.75, 3.05) is 18.8 Å². The number of hydrogen-bond donors (Lipinski definition) is 1. The van der Waals surface area contributed by atoms with Gasteiger partial charge >= 0.3 is 0 Å². The van der Waals surface area contributed by atoms with Crippen molar-refractivity contribution < 1.29 is 4.42 Å². The van der Waals surface area contributed by atoms with E-state index in [-0.39, 0.29) is 0 Å². The minimum atomic E-state index is 0.339. The van der Waals surface area contributed by atoms with Gasteiger partial charge in [0.25, 0.3) is 0 Å². The Labute approximate surface area is 111 Å². The third kappa shape index (κ3) is 4.07. The van der Waals surface area contributed by atoms with Crippen LogP contribution in [0.25, 0.3) is 0 Å². The standard InChI is InChI=1S/C14H25NOS/c1-4-14(5-2,12-17)11-15(6-3)10-13-8-7-9-16-13/h7-9,17H,4-6,10-12H2,1-3H3. The van der Waals surface area contributed by atoms with Gasteiger partial charge in [0.2, 0.25) is 0 Å². The minimum Gasteiger partial charge on any atom is -0.468 e. The van der Waals surface area contributed by atoms with Crippen molar-refractivity contribution >= 4 is 12.6 Å². The quantitative estimate of drug-likeness (QED) is 0.711. The lowest BCUT2D eigenvalue weighted by molar-refractivity contribution is 0.149. The first kappa shape index (κ1) is 14.7. The number of hydrogen-bond acceptors (Lipinski definition) is 3. The molecule has 0 N–H and O–H groups in total. The van der Waals surface area contributed by atoms with Crippen molar-refractivity contribution in [2.45, 2.75) is 40.2 Å². The van der Waals surface area contributed by atoms with Gasteiger partial charge in [0.15, 0.2) is 0 Å². The van der Waals surface area contributed by atoms with Crippen molar-refractivity contribution in [1.29, 1.82) is 0 Å². The summed E-state index contributed by atoms with van der Waals surface area (Å²) in [6.07, 6.45) is 4.11. The fourth-order valence-electron chi connectivity index (χ4n) is 2.12. The lowest BCUT2D eigenvalue weighted by atomic mass is 9.84. The van der Waals surface area contributed by atoms with E-state index in [0.29, 0.717) is 5.41 Å². The molecule has 0 aromatic carbocycles. The van der Waals surface area contributed by atoms with Gasteiger partial charge in [-0.05, 0) is 42.7 Å². The molecule has 1 aromatic rings. The molecule has 0 radical (unpaired) electrons. The monoisotopic (exact) mass is 255 g/mol. The molecule has 1 rings (SSSR count). The number of furan rings is 1. The van der Waals surface area contributed by atoms with Gasteiger partial charge in [0.1, 0.15) is 5.76 Å². The van der Waals surface area contributed by atoms with Crippen LogP contribution < -0.4 is 0 Å². The summed E-state index contributed by atoms with van der Waals surface area (Å²) in [5, 5.41) is 0. The van der Waals surface area contributed by atoms with E-state index in [1.165, 1.54) is 12.8 Å². The average Bonchev–Trinajstić information content (AvgIpc) is 2.87. The third-order valence-electron chi connectivity index (χ3n) is 3.80. The maximum Gasteiger partial charge on any atom is 0.117 e. The Bertz CT molecular complexity index is 285. The molecule has 0 amide bonds. The van der Waals surface area contributed by atoms with Gasteiger partial charge < -0.3 is 4.42 Å². The van der Waals surface area contributed by atoms with E-state index in [2.05, 4.69) is 38.3 Å². The van der Waals surface area contributed by atoms with Crippen LogP contribution in [-0.2, 0) is 6.54 Å². The highest BCUT2D eigenvalue weighted by Crippen LogP contribution is 2.29. The lowest BCUT2D eigenvalue weighted by Crippen LogP contribution is -2.38. The molecule has 2 nitrogen and oxygen atoms in total. The van der Waals surface area contributed by atoms with Gasteiger partial charge in [-0.15, -0.1) is 0 Å². The van der Waals surface area contributed by atoms with Crippen LogP contribution in [-0.4, -0.2) is 23.7 Å². The van der Waals surface area contributed by atoms with Gasteiger partial charge in [0.05, 0.1) is 12.8 Å². The first-order chi connectivity index (χ1) is 8.19. The molecular formula is C14H25NOS. The second-order valence-electron chi connectivity index (χ2n) is 4.75. The Morgan fingerprint density at radius 1 is 1.29 bits per heavy atom. The predicted octanol–water partition coefficient (Wildman–Crippen LogP) is 3.84. The van der Waals surface area contributed by atoms with Crippen LogP contribution in [0.2, 0.25) is 0 Å². The van der Waals surface area contributed by atoms with Gasteiger partial charge in [-0.25, -0.2) is 0 Å². The van der Waals surface area contributed by atoms with Crippen LogP contribution in [0, 0.1) is 5.41 Å². The normalized spacial score (nSPS) is 12.3. The van der Waals surface area contributed by atoms with Gasteiger partial charge in [-0.2, -0.15) is 12.6 Å². The summed E-state index contributed by atoms with van der Waals surface area (Å²) in [6.45, 7) is 9.79. The van der Waals surface area contributed by atoms with E-state index >= 15 is 0 Å². The molecule has 0 unspecified atom stereocenters. The van der Waals surface area contributed by atoms with E-state index in [9.17, 15) is 0 Å². The first-order valence-electron chi connectivity index (χ1n) is 6.55. The molecule has 0 atom stereocenters. The maximum atomic E-state index is 5.42. The average molecular weight is 255 g/mol. The zero-order valence-corrected chi connectivity index (χ0v) is 12.2. The Hall–Kier alpha value is -0.410. The number of thiol groups is 1. The van der Waals surface area contributed by atoms with Crippen LogP contribution in [0.4, 0.5) is 0 Å². The van der Waals surface area contributed by atoms with Crippen LogP contribution >= 0.6 is 12.6 Å². The zero-order chi connectivity index (χ0) is 12.7. The largest absolute Gasteiger partial charge is 0.468 e. The summed E-state index contributed by atoms with van der Waals surface area (Å²) >= 11 is 4.54. The smallest absolute Gasteiger partial charge is 0.117 e. The molecule has 17 heavy (non-hydrogen) atoms. The van der Waals surface area contributed by atoms with Gasteiger partial charge in [0, 0.05) is 6.54 Å². The van der Waals surface area contributed by atoms with E-state index in [4.69, 9.17) is 4.42 Å². The van der Waals surface area contributed by atoms with Crippen molar-refractivity contribution in [2.24, 2.45) is 5.41 Å². The van der Waals surface area contributed by atoms with E-state index < -0.39 is 0 Å². The number of rotatable bonds is 8. The molecule has 1 aromatic heterocycles. The van der Waals surface area contributed by atoms with E-state index in [0.717, 1.165) is 31.1 Å². The van der Waals surface area contributed by atoms with Gasteiger partial charge in [-0.3, -0.25) is 4.90 Å². The summed E-state index contributed by atoms with van der Waals surface area (Å²) in [5.74, 6) is 2.00. The summed E-state index contributed by atoms with van der Waals surface area (Å²) in [7, 11) is 0. The summed E-state index contributed by atoms with van der Waals surface area (Å²) < 4.78 is 5.42. The molecule has 1 heterocycles. The molecule has 0 fully saturated rings. The Kier molecular flexibility index (Phi) is 6.14. The SMILES string of the molecule is CCN(Cc1ccco1)CC(CC)(CC)CS. The predicted molar refractivity (Wildman–Crippen MR) is 76.5 cm³/mol. The Morgan fingerprint density at radius 3 is 2.41 bits per heavy atom. The third-order valence-corrected chi connectivity index (χ3v) is 4.47. The highest BCUT2D eigenvalue weighted by molar-refractivity contribution is 7.80. The maximum absolute atomic E-state index is 5.42. The van der Waals surface area contributed by atoms with Crippen molar-refractivity contribution in [3.05, 3.63) is 24.2 Å². The van der Waals surface area contributed by atoms with Crippen molar-refractivity contribution in [1.82, 2.24) is 4.90 Å². The summed E-state index contributed by atoms with van der Waals surface area (Å²) in [4.78, 5) is 2.45. The molecule has 98 valence electrons. The summed E-state index contributed by atoms with van der Waals surface area (Å²) in [6, 6.07) is 4.00. The molecule has 0 aliphatic carbocycles. The minimum absolute atomic E-state index is 0.339. The molecule has 0 aliphatic heterocycles. The summed E-state index contributed by atoms with van der Waals surface area (Å²) in [5.41, 5.74) is 0.339. The molecule has 0 aliphatic rings. The van der Waals surface area contributed by atoms with E-state index in [1.807, 2.05) is 12.1 Å². The van der Waals surface area contributed by atoms with E-state index in [1.54, 1.807) is 6.26 Å². The van der Waals surface area contributed by atoms with Crippen LogP contribution in [0.3, 0.4) is 0 Å². The molecule has 0 bridgehead atoms. The Morgan fingerprint density at radius 2 is 2.00 bits per heavy atom. The molecule has 0 saturated heterocycles. The Balaban J connectivity index is 2.61. The van der Waals surface area contributed by atoms with Crippen LogP contribution in [0.1, 0.15) is 39.4 Å². The number of nitrogens with zero attached hydrogens (tertiary/aromatic N) is 1. The molecule has 0 spiro atoms. The lowest BCUT2D eigenvalue weighted by Gasteiger charge is -2.35. The van der Waals surface area contributed by atoms with Crippen molar-refractivity contribution in [3.8, 4) is 0 Å². The fraction of sp³-hybridized carbons (Fsp3) is 0.714. The highest BCUT2D eigenvalue weighted by Gasteiger charge is 2.27. The van der Waals surface area contributed by atoms with Gasteiger partial charge in [-0.1, -0.05) is 20.8 Å². The van der Waals surface area contributed by atoms with Crippen LogP contribution in [0.5, 0.6) is 0 Å². The molecular weight excluding hydrogens is 230 g/mol. The topological polar surface area (TPSA) is 16.4 Å². The highest BCUT2D eigenvalue weighted by atomic mass is 32.1. The first-order valence-corrected chi connectivity index (χ1v) is 7.18. The zero-order valence-electron chi connectivity index (χ0n) is 11.3. The molecule has 3 heteroatoms. The molecule has 0 saturated carbocycles.